The fraction of sp³-hybridized carbons (Fsp3) is 0.615. The van der Waals surface area contributed by atoms with Crippen LogP contribution in [0.25, 0.3) is 0 Å². The quantitative estimate of drug-likeness (QED) is 0.649. The molecule has 2 rings (SSSR count). The molecule has 0 spiro atoms. The summed E-state index contributed by atoms with van der Waals surface area (Å²) >= 11 is 0. The van der Waals surface area contributed by atoms with Gasteiger partial charge in [0.2, 0.25) is 5.82 Å². The van der Waals surface area contributed by atoms with Gasteiger partial charge in [0.25, 0.3) is 0 Å². The molecule has 0 radical (unpaired) electrons. The predicted molar refractivity (Wildman–Crippen MR) is 78.8 cm³/mol. The summed E-state index contributed by atoms with van der Waals surface area (Å²) in [5, 5.41) is 10.7. The molecule has 2 N–H and O–H groups in total. The minimum absolute atomic E-state index is 0.0295. The van der Waals surface area contributed by atoms with Crippen molar-refractivity contribution in [2.24, 2.45) is 0 Å². The molecule has 1 aliphatic heterocycles. The molecule has 1 aromatic heterocycles. The Balaban J connectivity index is 2.07. The molecule has 0 amide bonds. The number of hydrogen-bond donors (Lipinski definition) is 1. The summed E-state index contributed by atoms with van der Waals surface area (Å²) in [6.07, 6.45) is 2.41. The second-order valence-electron chi connectivity index (χ2n) is 5.14. The van der Waals surface area contributed by atoms with E-state index in [2.05, 4.69) is 16.8 Å². The number of aromatic nitrogens is 1. The van der Waals surface area contributed by atoms with Gasteiger partial charge in [-0.05, 0) is 32.0 Å². The minimum atomic E-state index is -0.512. The van der Waals surface area contributed by atoms with Crippen molar-refractivity contribution in [3.05, 3.63) is 22.2 Å². The van der Waals surface area contributed by atoms with Gasteiger partial charge in [-0.15, -0.1) is 0 Å². The van der Waals surface area contributed by atoms with Crippen LogP contribution in [0.4, 0.5) is 17.3 Å². The number of nitro groups is 1. The average molecular weight is 279 g/mol. The molecule has 1 atom stereocenters. The topological polar surface area (TPSA) is 88.5 Å². The van der Waals surface area contributed by atoms with Crippen LogP contribution in [0, 0.1) is 10.1 Å². The van der Waals surface area contributed by atoms with Crippen LogP contribution in [-0.4, -0.2) is 47.5 Å². The normalized spacial score (nSPS) is 19.2. The van der Waals surface area contributed by atoms with Crippen molar-refractivity contribution in [1.29, 1.82) is 0 Å². The summed E-state index contributed by atoms with van der Waals surface area (Å²) in [5.41, 5.74) is 5.49. The van der Waals surface area contributed by atoms with Gasteiger partial charge in [-0.3, -0.25) is 15.0 Å². The Labute approximate surface area is 118 Å². The number of nitrogens with two attached hydrogens (primary N) is 1. The number of rotatable bonds is 5. The van der Waals surface area contributed by atoms with Crippen molar-refractivity contribution in [2.45, 2.75) is 25.8 Å². The van der Waals surface area contributed by atoms with E-state index >= 15 is 0 Å². The van der Waals surface area contributed by atoms with Crippen LogP contribution in [-0.2, 0) is 0 Å². The van der Waals surface area contributed by atoms with Gasteiger partial charge in [0.05, 0.1) is 4.92 Å². The number of nitrogen functional groups attached to an aromatic ring is 1. The first-order valence-corrected chi connectivity index (χ1v) is 6.89. The molecule has 2 heterocycles. The maximum Gasteiger partial charge on any atom is 0.311 e. The lowest BCUT2D eigenvalue weighted by atomic mass is 10.2. The van der Waals surface area contributed by atoms with Crippen LogP contribution in [0.15, 0.2) is 12.1 Å². The van der Waals surface area contributed by atoms with Crippen LogP contribution in [0.2, 0.25) is 0 Å². The third kappa shape index (κ3) is 2.98. The summed E-state index contributed by atoms with van der Waals surface area (Å²) in [6.45, 7) is 5.22. The molecule has 1 aromatic rings. The van der Waals surface area contributed by atoms with Crippen molar-refractivity contribution in [3.63, 3.8) is 0 Å². The SMILES string of the molecule is CCN1CCCC1CN(C)c1ccc([N+](=O)[O-])c(N)n1. The maximum absolute atomic E-state index is 10.7. The number of nitrogens with zero attached hydrogens (tertiary/aromatic N) is 4. The van der Waals surface area contributed by atoms with E-state index in [1.54, 1.807) is 6.07 Å². The summed E-state index contributed by atoms with van der Waals surface area (Å²) in [7, 11) is 1.94. The number of pyridine rings is 1. The van der Waals surface area contributed by atoms with Crippen LogP contribution < -0.4 is 10.6 Å². The second-order valence-corrected chi connectivity index (χ2v) is 5.14. The molecule has 0 saturated carbocycles. The Hall–Kier alpha value is -1.89. The Morgan fingerprint density at radius 3 is 2.95 bits per heavy atom. The zero-order valence-electron chi connectivity index (χ0n) is 12.0. The highest BCUT2D eigenvalue weighted by atomic mass is 16.6. The standard InChI is InChI=1S/C13H21N5O2/c1-3-17-8-4-5-10(17)9-16(2)12-7-6-11(18(19)20)13(14)15-12/h6-7,10H,3-5,8-9H2,1-2H3,(H2,14,15). The third-order valence-electron chi connectivity index (χ3n) is 3.87. The van der Waals surface area contributed by atoms with Crippen LogP contribution in [0.1, 0.15) is 19.8 Å². The van der Waals surface area contributed by atoms with E-state index in [4.69, 9.17) is 5.73 Å². The van der Waals surface area contributed by atoms with Gasteiger partial charge < -0.3 is 10.6 Å². The van der Waals surface area contributed by atoms with Crippen LogP contribution >= 0.6 is 0 Å². The monoisotopic (exact) mass is 279 g/mol. The highest BCUT2D eigenvalue weighted by Gasteiger charge is 2.25. The molecular formula is C13H21N5O2. The van der Waals surface area contributed by atoms with Gasteiger partial charge in [-0.25, -0.2) is 4.98 Å². The Kier molecular flexibility index (Phi) is 4.39. The van der Waals surface area contributed by atoms with E-state index < -0.39 is 4.92 Å². The molecule has 1 unspecified atom stereocenters. The zero-order chi connectivity index (χ0) is 14.7. The number of likely N-dealkylation sites (tertiary alicyclic amines) is 1. The van der Waals surface area contributed by atoms with Crippen LogP contribution in [0.3, 0.4) is 0 Å². The Bertz CT molecular complexity index is 494. The third-order valence-corrected chi connectivity index (χ3v) is 3.87. The van der Waals surface area contributed by atoms with Gasteiger partial charge in [0.1, 0.15) is 5.82 Å². The molecule has 7 nitrogen and oxygen atoms in total. The second kappa shape index (κ2) is 6.04. The first kappa shape index (κ1) is 14.5. The van der Waals surface area contributed by atoms with E-state index in [1.807, 2.05) is 11.9 Å². The summed E-state index contributed by atoms with van der Waals surface area (Å²) < 4.78 is 0. The summed E-state index contributed by atoms with van der Waals surface area (Å²) in [5.74, 6) is 0.647. The fourth-order valence-corrected chi connectivity index (χ4v) is 2.75. The molecule has 7 heteroatoms. The van der Waals surface area contributed by atoms with Gasteiger partial charge in [-0.1, -0.05) is 6.92 Å². The highest BCUT2D eigenvalue weighted by Crippen LogP contribution is 2.24. The van der Waals surface area contributed by atoms with Crippen molar-refractivity contribution >= 4 is 17.3 Å². The lowest BCUT2D eigenvalue weighted by Crippen LogP contribution is -2.39. The van der Waals surface area contributed by atoms with Gasteiger partial charge >= 0.3 is 5.69 Å². The lowest BCUT2D eigenvalue weighted by molar-refractivity contribution is -0.384. The molecular weight excluding hydrogens is 258 g/mol. The Morgan fingerprint density at radius 1 is 1.60 bits per heavy atom. The smallest absolute Gasteiger partial charge is 0.311 e. The summed E-state index contributed by atoms with van der Waals surface area (Å²) in [6, 6.07) is 3.59. The molecule has 1 aliphatic rings. The number of likely N-dealkylation sites (N-methyl/N-ethyl adjacent to an activating group) is 2. The first-order valence-electron chi connectivity index (χ1n) is 6.89. The number of hydrogen-bond acceptors (Lipinski definition) is 6. The highest BCUT2D eigenvalue weighted by molar-refractivity contribution is 5.57. The molecule has 1 saturated heterocycles. The van der Waals surface area contributed by atoms with Gasteiger partial charge in [0, 0.05) is 25.7 Å². The minimum Gasteiger partial charge on any atom is -0.378 e. The van der Waals surface area contributed by atoms with Crippen molar-refractivity contribution in [2.75, 3.05) is 37.3 Å². The van der Waals surface area contributed by atoms with E-state index in [0.717, 1.165) is 19.6 Å². The van der Waals surface area contributed by atoms with Gasteiger partial charge in [0.15, 0.2) is 0 Å². The molecule has 0 aliphatic carbocycles. The van der Waals surface area contributed by atoms with Gasteiger partial charge in [-0.2, -0.15) is 0 Å². The molecule has 0 bridgehead atoms. The molecule has 110 valence electrons. The average Bonchev–Trinajstić information content (AvgIpc) is 2.85. The zero-order valence-corrected chi connectivity index (χ0v) is 12.0. The van der Waals surface area contributed by atoms with Crippen LogP contribution in [0.5, 0.6) is 0 Å². The maximum atomic E-state index is 10.7. The van der Waals surface area contributed by atoms with E-state index in [1.165, 1.54) is 18.9 Å². The molecule has 20 heavy (non-hydrogen) atoms. The predicted octanol–water partition coefficient (Wildman–Crippen LogP) is 1.49. The lowest BCUT2D eigenvalue weighted by Gasteiger charge is -2.28. The van der Waals surface area contributed by atoms with Crippen molar-refractivity contribution in [3.8, 4) is 0 Å². The largest absolute Gasteiger partial charge is 0.378 e. The fourth-order valence-electron chi connectivity index (χ4n) is 2.75. The van der Waals surface area contributed by atoms with E-state index in [9.17, 15) is 10.1 Å². The number of anilines is 2. The summed E-state index contributed by atoms with van der Waals surface area (Å²) in [4.78, 5) is 18.8. The first-order chi connectivity index (χ1) is 9.52. The molecule has 0 aromatic carbocycles. The molecule has 1 fully saturated rings. The van der Waals surface area contributed by atoms with Crippen molar-refractivity contribution < 1.29 is 4.92 Å². The van der Waals surface area contributed by atoms with Crippen molar-refractivity contribution in [1.82, 2.24) is 9.88 Å². The van der Waals surface area contributed by atoms with E-state index in [0.29, 0.717) is 11.9 Å². The Morgan fingerprint density at radius 2 is 2.35 bits per heavy atom. The van der Waals surface area contributed by atoms with E-state index in [-0.39, 0.29) is 11.5 Å².